The predicted octanol–water partition coefficient (Wildman–Crippen LogP) is 0.259. The highest BCUT2D eigenvalue weighted by Crippen LogP contribution is 2.10. The Labute approximate surface area is 102 Å². The zero-order chi connectivity index (χ0) is 11.4. The van der Waals surface area contributed by atoms with Gasteiger partial charge in [0.25, 0.3) is 0 Å². The molecule has 0 unspecified atom stereocenters. The van der Waals surface area contributed by atoms with Crippen LogP contribution in [0.25, 0.3) is 0 Å². The lowest BCUT2D eigenvalue weighted by atomic mass is 10.6. The van der Waals surface area contributed by atoms with E-state index in [1.165, 1.54) is 11.7 Å². The van der Waals surface area contributed by atoms with Crippen molar-refractivity contribution < 1.29 is 9.59 Å². The van der Waals surface area contributed by atoms with E-state index in [-0.39, 0.29) is 6.54 Å². The Kier molecular flexibility index (Phi) is 4.21. The second-order valence-electron chi connectivity index (χ2n) is 2.43. The topological polar surface area (TPSA) is 88.9 Å². The molecule has 0 fully saturated rings. The summed E-state index contributed by atoms with van der Waals surface area (Å²) in [5.74, 6) is -0.479. The van der Waals surface area contributed by atoms with Crippen molar-refractivity contribution in [1.82, 2.24) is 25.4 Å². The van der Waals surface area contributed by atoms with Crippen LogP contribution in [0.3, 0.4) is 0 Å². The molecule has 15 heavy (non-hydrogen) atoms. The van der Waals surface area contributed by atoms with Gasteiger partial charge in [0, 0.05) is 7.05 Å². The summed E-state index contributed by atoms with van der Waals surface area (Å²) in [6.45, 7) is -0.0907. The van der Waals surface area contributed by atoms with E-state index >= 15 is 0 Å². The minimum atomic E-state index is -0.560. The minimum Gasteiger partial charge on any atom is -0.341 e. The van der Waals surface area contributed by atoms with Crippen LogP contribution in [-0.4, -0.2) is 33.8 Å². The van der Waals surface area contributed by atoms with Gasteiger partial charge in [0.15, 0.2) is 4.73 Å². The van der Waals surface area contributed by atoms with Crippen LogP contribution in [0.1, 0.15) is 0 Å². The fraction of sp³-hybridized carbons (Fsp3) is 0.333. The van der Waals surface area contributed by atoms with Crippen molar-refractivity contribution in [3.8, 4) is 0 Å². The lowest BCUT2D eigenvalue weighted by Crippen LogP contribution is -2.39. The van der Waals surface area contributed by atoms with Gasteiger partial charge in [-0.2, -0.15) is 4.98 Å². The molecule has 0 aliphatic rings. The molecule has 7 nitrogen and oxygen atoms in total. The number of halogens is 2. The molecule has 2 N–H and O–H groups in total. The Balaban J connectivity index is 2.58. The maximum absolute atomic E-state index is 11.2. The third-order valence-electron chi connectivity index (χ3n) is 1.37. The fourth-order valence-corrected chi connectivity index (χ4v) is 1.73. The van der Waals surface area contributed by atoms with E-state index < -0.39 is 11.9 Å². The third kappa shape index (κ3) is 3.59. The largest absolute Gasteiger partial charge is 0.341 e. The van der Waals surface area contributed by atoms with Crippen LogP contribution in [0, 0.1) is 0 Å². The summed E-state index contributed by atoms with van der Waals surface area (Å²) in [5, 5.41) is 8.23. The molecule has 0 saturated heterocycles. The summed E-state index contributed by atoms with van der Waals surface area (Å²) in [4.78, 5) is 25.9. The standard InChI is InChI=1S/C6H7Br2N5O2/c1-9-6(15)10-3(14)2-13-5(8)11-4(7)12-13/h2H2,1H3,(H2,9,10,14,15). The number of urea groups is 1. The van der Waals surface area contributed by atoms with Gasteiger partial charge in [-0.05, 0) is 31.9 Å². The van der Waals surface area contributed by atoms with Crippen LogP contribution in [0.4, 0.5) is 4.79 Å². The summed E-state index contributed by atoms with van der Waals surface area (Å²) in [7, 11) is 1.42. The highest BCUT2D eigenvalue weighted by atomic mass is 79.9. The molecular weight excluding hydrogens is 334 g/mol. The van der Waals surface area contributed by atoms with Gasteiger partial charge in [0.1, 0.15) is 6.54 Å². The highest BCUT2D eigenvalue weighted by Gasteiger charge is 2.11. The minimum absolute atomic E-state index is 0.0907. The van der Waals surface area contributed by atoms with E-state index in [2.05, 4.69) is 52.6 Å². The molecule has 3 amide bonds. The molecule has 0 aliphatic carbocycles. The number of hydrogen-bond donors (Lipinski definition) is 2. The van der Waals surface area contributed by atoms with Crippen LogP contribution < -0.4 is 10.6 Å². The third-order valence-corrected chi connectivity index (χ3v) is 2.30. The average molecular weight is 341 g/mol. The van der Waals surface area contributed by atoms with E-state index in [1.807, 2.05) is 0 Å². The van der Waals surface area contributed by atoms with Gasteiger partial charge in [0.2, 0.25) is 10.6 Å². The first-order valence-electron chi connectivity index (χ1n) is 3.80. The number of nitrogens with one attached hydrogen (secondary N) is 2. The number of carbonyl (C=O) groups is 2. The Morgan fingerprint density at radius 2 is 2.13 bits per heavy atom. The number of carbonyl (C=O) groups excluding carboxylic acids is 2. The summed E-state index contributed by atoms with van der Waals surface area (Å²) in [6.07, 6.45) is 0. The number of rotatable bonds is 2. The van der Waals surface area contributed by atoms with E-state index in [0.29, 0.717) is 9.47 Å². The molecule has 0 bridgehead atoms. The van der Waals surface area contributed by atoms with E-state index in [1.54, 1.807) is 0 Å². The first kappa shape index (κ1) is 12.1. The first-order chi connectivity index (χ1) is 7.02. The molecule has 0 spiro atoms. The maximum atomic E-state index is 11.2. The zero-order valence-corrected chi connectivity index (χ0v) is 10.8. The second kappa shape index (κ2) is 5.21. The summed E-state index contributed by atoms with van der Waals surface area (Å²) >= 11 is 6.16. The van der Waals surface area contributed by atoms with Crippen molar-refractivity contribution in [1.29, 1.82) is 0 Å². The smallest absolute Gasteiger partial charge is 0.321 e. The summed E-state index contributed by atoms with van der Waals surface area (Å²) < 4.78 is 2.08. The number of hydrogen-bond acceptors (Lipinski definition) is 4. The van der Waals surface area contributed by atoms with Crippen LogP contribution in [0.2, 0.25) is 0 Å². The van der Waals surface area contributed by atoms with Crippen molar-refractivity contribution in [2.24, 2.45) is 0 Å². The Morgan fingerprint density at radius 3 is 2.60 bits per heavy atom. The van der Waals surface area contributed by atoms with Gasteiger partial charge >= 0.3 is 6.03 Å². The van der Waals surface area contributed by atoms with Crippen molar-refractivity contribution in [3.63, 3.8) is 0 Å². The molecule has 0 aromatic carbocycles. The van der Waals surface area contributed by atoms with E-state index in [4.69, 9.17) is 0 Å². The van der Waals surface area contributed by atoms with Crippen LogP contribution in [0.5, 0.6) is 0 Å². The molecule has 0 aliphatic heterocycles. The summed E-state index contributed by atoms with van der Waals surface area (Å²) in [5.41, 5.74) is 0. The van der Waals surface area contributed by atoms with Crippen molar-refractivity contribution in [3.05, 3.63) is 9.47 Å². The van der Waals surface area contributed by atoms with E-state index in [0.717, 1.165) is 0 Å². The molecule has 1 aromatic rings. The van der Waals surface area contributed by atoms with Crippen molar-refractivity contribution in [2.45, 2.75) is 6.54 Å². The number of amides is 3. The van der Waals surface area contributed by atoms with Crippen LogP contribution in [0.15, 0.2) is 9.47 Å². The van der Waals surface area contributed by atoms with Gasteiger partial charge in [-0.1, -0.05) is 0 Å². The maximum Gasteiger partial charge on any atom is 0.321 e. The molecular formula is C6H7Br2N5O2. The zero-order valence-electron chi connectivity index (χ0n) is 7.62. The van der Waals surface area contributed by atoms with Gasteiger partial charge in [-0.3, -0.25) is 10.1 Å². The van der Waals surface area contributed by atoms with Gasteiger partial charge in [0.05, 0.1) is 0 Å². The predicted molar refractivity (Wildman–Crippen MR) is 58.0 cm³/mol. The second-order valence-corrected chi connectivity index (χ2v) is 3.85. The number of aromatic nitrogens is 3. The molecule has 0 atom stereocenters. The van der Waals surface area contributed by atoms with Crippen molar-refractivity contribution in [2.75, 3.05) is 7.05 Å². The fourth-order valence-electron chi connectivity index (χ4n) is 0.762. The van der Waals surface area contributed by atoms with Gasteiger partial charge in [-0.25, -0.2) is 9.48 Å². The van der Waals surface area contributed by atoms with Crippen LogP contribution >= 0.6 is 31.9 Å². The molecule has 1 rings (SSSR count). The monoisotopic (exact) mass is 339 g/mol. The van der Waals surface area contributed by atoms with Gasteiger partial charge in [-0.15, -0.1) is 5.10 Å². The Bertz CT molecular complexity index is 391. The van der Waals surface area contributed by atoms with E-state index in [9.17, 15) is 9.59 Å². The first-order valence-corrected chi connectivity index (χ1v) is 5.39. The normalized spacial score (nSPS) is 9.80. The molecule has 0 radical (unpaired) electrons. The molecule has 0 saturated carbocycles. The molecule has 1 aromatic heterocycles. The van der Waals surface area contributed by atoms with Crippen molar-refractivity contribution >= 4 is 43.8 Å². The SMILES string of the molecule is CNC(=O)NC(=O)Cn1nc(Br)nc1Br. The van der Waals surface area contributed by atoms with Crippen LogP contribution in [-0.2, 0) is 11.3 Å². The summed E-state index contributed by atoms with van der Waals surface area (Å²) in [6, 6.07) is -0.560. The Morgan fingerprint density at radius 1 is 1.47 bits per heavy atom. The molecule has 82 valence electrons. The highest BCUT2D eigenvalue weighted by molar-refractivity contribution is 9.11. The average Bonchev–Trinajstić information content (AvgIpc) is 2.44. The molecule has 9 heteroatoms. The Hall–Kier alpha value is -0.960. The quantitative estimate of drug-likeness (QED) is 0.808. The lowest BCUT2D eigenvalue weighted by molar-refractivity contribution is -0.120. The number of imide groups is 1. The number of nitrogens with zero attached hydrogens (tertiary/aromatic N) is 3. The molecule has 1 heterocycles. The lowest BCUT2D eigenvalue weighted by Gasteiger charge is -2.03. The van der Waals surface area contributed by atoms with Gasteiger partial charge < -0.3 is 5.32 Å².